The molecule has 74 heavy (non-hydrogen) atoms. The molecule has 0 spiro atoms. The van der Waals surface area contributed by atoms with Gasteiger partial charge < -0.3 is 0 Å². The molecule has 20 heterocycles. The fourth-order valence-corrected chi connectivity index (χ4v) is 6.35. The van der Waals surface area contributed by atoms with Crippen LogP contribution in [0.1, 0.15) is 22.3 Å². The van der Waals surface area contributed by atoms with Crippen LogP contribution in [0.15, 0.2) is 171 Å². The van der Waals surface area contributed by atoms with Crippen molar-refractivity contribution in [2.45, 2.75) is 26.2 Å². The Morgan fingerprint density at radius 2 is 0.473 bits per heavy atom. The molecule has 0 N–H and O–H groups in total. The van der Waals surface area contributed by atoms with E-state index < -0.39 is 31.2 Å². The van der Waals surface area contributed by atoms with Crippen LogP contribution < -0.4 is 18.3 Å². The Morgan fingerprint density at radius 1 is 0.243 bits per heavy atom. The van der Waals surface area contributed by atoms with Crippen LogP contribution in [0.4, 0.5) is 101 Å². The number of rotatable bonds is 1. The number of hydrogen-bond donors (Lipinski definition) is 0. The average Bonchev–Trinajstić information content (AvgIpc) is 3.19. The van der Waals surface area contributed by atoms with Crippen molar-refractivity contribution in [1.29, 1.82) is 0 Å². The van der Waals surface area contributed by atoms with Gasteiger partial charge in [0, 0.05) is 70.8 Å². The molecule has 412 valence electrons. The van der Waals surface area contributed by atoms with Crippen LogP contribution in [-0.4, -0.2) is 0 Å². The average molecular weight is 1180 g/mol. The Labute approximate surface area is 402 Å². The topological polar surface area (TPSA) is 15.5 Å². The number of nitrogens with zero attached hydrogens (tertiary/aromatic N) is 4. The van der Waals surface area contributed by atoms with Crippen molar-refractivity contribution in [3.05, 3.63) is 193 Å². The molecule has 3 aromatic carbocycles. The van der Waals surface area contributed by atoms with Gasteiger partial charge in [0.15, 0.2) is 75.8 Å². The molecule has 0 saturated carbocycles. The molecule has 4 aromatic heterocycles. The first-order chi connectivity index (χ1) is 32.5. The van der Waals surface area contributed by atoms with Gasteiger partial charge in [-0.1, -0.05) is 66.7 Å². The molecule has 32 heteroatoms. The second kappa shape index (κ2) is 18.0. The first kappa shape index (κ1) is 60.9. The maximum atomic E-state index is 9.87. The molecule has 16 aliphatic rings. The molecule has 0 unspecified atom stereocenters. The van der Waals surface area contributed by atoms with Gasteiger partial charge in [-0.3, -0.25) is 0 Å². The zero-order chi connectivity index (χ0) is 56.3. The van der Waals surface area contributed by atoms with Gasteiger partial charge >= 0.3 is 132 Å². The number of hydrogen-bond acceptors (Lipinski definition) is 0. The zero-order valence-corrected chi connectivity index (χ0v) is 40.2. The molecule has 0 saturated heterocycles. The van der Waals surface area contributed by atoms with E-state index in [-0.39, 0.29) is 0 Å². The van der Waals surface area contributed by atoms with Crippen LogP contribution in [0.2, 0.25) is 0 Å². The summed E-state index contributed by atoms with van der Waals surface area (Å²) in [6.07, 6.45) is 17.5. The van der Waals surface area contributed by atoms with Crippen LogP contribution in [0.5, 0.6) is 0 Å². The molecule has 12 bridgehead atoms. The van der Waals surface area contributed by atoms with E-state index in [0.29, 0.717) is 0 Å². The van der Waals surface area contributed by atoms with E-state index in [1.54, 1.807) is 0 Å². The first-order valence-corrected chi connectivity index (χ1v) is 28.1. The maximum Gasteiger partial charge on any atom is 0.174 e. The number of halogens is 24. The standard InChI is InChI=1S/C42H36N4.4F6P/c1-2-4-40(5-3-1)42-28-35-10-11-41(42)32-46-26-18-39(19-27-46)37-14-22-44(23-15-37)30-34-8-6-33(7-9-34)29-43-20-12-36(13-21-43)38-16-24-45(31-35)25-17-38;4*1-7(2,3,4,5)6/h1-28H,29-32H2;;;;/q+4;4*-1. The predicted molar refractivity (Wildman–Crippen MR) is 234 cm³/mol. The second-order valence-electron chi connectivity index (χ2n) is 16.0. The van der Waals surface area contributed by atoms with E-state index in [0.717, 1.165) is 26.2 Å². The van der Waals surface area contributed by atoms with Crippen LogP contribution in [0.3, 0.4) is 0 Å². The van der Waals surface area contributed by atoms with Gasteiger partial charge in [-0.2, -0.15) is 0 Å². The minimum absolute atomic E-state index is 0.803. The largest absolute Gasteiger partial charge is 0.201 e. The molecule has 0 aliphatic carbocycles. The summed E-state index contributed by atoms with van der Waals surface area (Å²) in [5.74, 6) is 0. The van der Waals surface area contributed by atoms with Gasteiger partial charge in [-0.15, -0.1) is 0 Å². The molecular weight excluding hydrogens is 1140 g/mol. The van der Waals surface area contributed by atoms with Gasteiger partial charge in [0.25, 0.3) is 0 Å². The van der Waals surface area contributed by atoms with Crippen molar-refractivity contribution in [2.24, 2.45) is 0 Å². The van der Waals surface area contributed by atoms with Crippen LogP contribution in [0.25, 0.3) is 33.4 Å². The van der Waals surface area contributed by atoms with Crippen molar-refractivity contribution in [3.8, 4) is 33.4 Å². The summed E-state index contributed by atoms with van der Waals surface area (Å²) in [6.45, 7) is 3.30. The number of benzene rings is 3. The minimum atomic E-state index is -10.7. The summed E-state index contributed by atoms with van der Waals surface area (Å²) >= 11 is 0. The van der Waals surface area contributed by atoms with E-state index in [1.807, 2.05) is 0 Å². The molecule has 0 atom stereocenters. The van der Waals surface area contributed by atoms with Gasteiger partial charge in [-0.05, 0) is 39.4 Å². The molecule has 23 rings (SSSR count). The van der Waals surface area contributed by atoms with Gasteiger partial charge in [0.2, 0.25) is 0 Å². The fraction of sp³-hybridized carbons (Fsp3) is 0.0952. The van der Waals surface area contributed by atoms with Crippen molar-refractivity contribution < 1.29 is 119 Å². The Morgan fingerprint density at radius 3 is 0.743 bits per heavy atom. The third kappa shape index (κ3) is 32.5. The summed E-state index contributed by atoms with van der Waals surface area (Å²) in [5.41, 5.74) is 12.6. The smallest absolute Gasteiger partial charge is 0.174 e. The van der Waals surface area contributed by atoms with Crippen LogP contribution >= 0.6 is 31.2 Å². The van der Waals surface area contributed by atoms with E-state index in [4.69, 9.17) is 0 Å². The third-order valence-corrected chi connectivity index (χ3v) is 8.96. The minimum Gasteiger partial charge on any atom is -0.201 e. The summed E-state index contributed by atoms with van der Waals surface area (Å²) in [6, 6.07) is 44.3. The monoisotopic (exact) mass is 1180 g/mol. The summed E-state index contributed by atoms with van der Waals surface area (Å²) < 4.78 is 246. The van der Waals surface area contributed by atoms with Crippen LogP contribution in [-0.2, 0) is 26.2 Å². The summed E-state index contributed by atoms with van der Waals surface area (Å²) in [4.78, 5) is 0. The molecule has 0 fully saturated rings. The summed E-state index contributed by atoms with van der Waals surface area (Å²) in [5, 5.41) is 0. The quantitative estimate of drug-likeness (QED) is 0.0884. The number of aromatic nitrogens is 4. The van der Waals surface area contributed by atoms with Crippen molar-refractivity contribution in [1.82, 2.24) is 0 Å². The molecule has 16 aliphatic heterocycles. The van der Waals surface area contributed by atoms with E-state index in [2.05, 4.69) is 189 Å². The molecular formula is C42H36F24N4P4. The van der Waals surface area contributed by atoms with E-state index in [9.17, 15) is 101 Å². The molecule has 4 nitrogen and oxygen atoms in total. The Bertz CT molecular complexity index is 2890. The fourth-order valence-electron chi connectivity index (χ4n) is 6.35. The summed E-state index contributed by atoms with van der Waals surface area (Å²) in [7, 11) is -42.6. The van der Waals surface area contributed by atoms with Crippen molar-refractivity contribution in [3.63, 3.8) is 0 Å². The molecule has 0 amide bonds. The maximum absolute atomic E-state index is 10.7. The molecule has 0 radical (unpaired) electrons. The van der Waals surface area contributed by atoms with Crippen molar-refractivity contribution in [2.75, 3.05) is 0 Å². The Hall–Kier alpha value is -5.70. The SMILES string of the molecule is F[P-](F)(F)(F)(F)F.F[P-](F)(F)(F)(F)F.F[P-](F)(F)(F)(F)F.F[P-](F)(F)(F)(F)F.c1ccc(-c2cc3ccc2C[n+]2ccc(cc2)-c2cc[n+](cc2)Cc2ccc(cc2)C[n+]2ccc(cc2)-c2cc[n+](cc2)C3)cc1. The van der Waals surface area contributed by atoms with Crippen molar-refractivity contribution >= 4 is 31.2 Å². The van der Waals surface area contributed by atoms with Gasteiger partial charge in [-0.25, -0.2) is 18.3 Å². The number of pyridine rings is 4. The third-order valence-electron chi connectivity index (χ3n) is 8.96. The van der Waals surface area contributed by atoms with Gasteiger partial charge in [0.1, 0.15) is 0 Å². The molecule has 7 aromatic rings. The Kier molecular flexibility index (Phi) is 14.8. The van der Waals surface area contributed by atoms with Crippen LogP contribution in [0, 0.1) is 0 Å². The Balaban J connectivity index is 0.000000347. The first-order valence-electron chi connectivity index (χ1n) is 20.0. The van der Waals surface area contributed by atoms with E-state index in [1.165, 1.54) is 55.6 Å². The van der Waals surface area contributed by atoms with Gasteiger partial charge in [0.05, 0.1) is 0 Å². The second-order valence-corrected chi connectivity index (χ2v) is 23.7. The predicted octanol–water partition coefficient (Wildman–Crippen LogP) is 19.9. The van der Waals surface area contributed by atoms with E-state index >= 15 is 0 Å². The zero-order valence-electron chi connectivity index (χ0n) is 36.6. The normalized spacial score (nSPS) is 16.5.